The standard InChI is InChI=1S/C19H33NO4S/c1-3-5-6-8-16(21)11-9-15-10-12-18(22)20(15)13-14-25-17(7-4-2)19(23)24/h9,11,15-17,21H,3-8,10,12-14H2,1-2H3,(H,23,24)/b11-9+/t15-,16-,17?/m0/s1. The van der Waals surface area contributed by atoms with Crippen LogP contribution in [0.25, 0.3) is 0 Å². The molecule has 1 rings (SSSR count). The summed E-state index contributed by atoms with van der Waals surface area (Å²) in [6.45, 7) is 4.68. The Morgan fingerprint density at radius 3 is 2.72 bits per heavy atom. The third kappa shape index (κ3) is 8.27. The minimum atomic E-state index is -0.772. The quantitative estimate of drug-likeness (QED) is 0.383. The van der Waals surface area contributed by atoms with Crippen molar-refractivity contribution >= 4 is 23.6 Å². The Morgan fingerprint density at radius 1 is 1.32 bits per heavy atom. The Bertz CT molecular complexity index is 441. The van der Waals surface area contributed by atoms with Crippen molar-refractivity contribution in [2.75, 3.05) is 12.3 Å². The molecule has 0 aromatic heterocycles. The van der Waals surface area contributed by atoms with E-state index in [1.807, 2.05) is 24.0 Å². The predicted molar refractivity (Wildman–Crippen MR) is 103 cm³/mol. The van der Waals surface area contributed by atoms with Crippen molar-refractivity contribution in [3.8, 4) is 0 Å². The van der Waals surface area contributed by atoms with E-state index in [0.717, 1.165) is 38.5 Å². The molecule has 5 nitrogen and oxygen atoms in total. The number of nitrogens with zero attached hydrogens (tertiary/aromatic N) is 1. The van der Waals surface area contributed by atoms with Crippen molar-refractivity contribution in [1.29, 1.82) is 0 Å². The van der Waals surface area contributed by atoms with Gasteiger partial charge in [0.25, 0.3) is 0 Å². The Labute approximate surface area is 155 Å². The van der Waals surface area contributed by atoms with E-state index in [1.165, 1.54) is 11.8 Å². The van der Waals surface area contributed by atoms with E-state index in [1.54, 1.807) is 0 Å². The van der Waals surface area contributed by atoms with Crippen LogP contribution in [-0.4, -0.2) is 56.7 Å². The second kappa shape index (κ2) is 12.4. The van der Waals surface area contributed by atoms with E-state index in [9.17, 15) is 19.8 Å². The minimum absolute atomic E-state index is 0.0309. The number of hydrogen-bond acceptors (Lipinski definition) is 4. The maximum atomic E-state index is 12.1. The molecular formula is C19H33NO4S. The van der Waals surface area contributed by atoms with E-state index in [-0.39, 0.29) is 11.9 Å². The highest BCUT2D eigenvalue weighted by Crippen LogP contribution is 2.23. The molecule has 2 N–H and O–H groups in total. The van der Waals surface area contributed by atoms with Crippen molar-refractivity contribution in [1.82, 2.24) is 4.90 Å². The van der Waals surface area contributed by atoms with Gasteiger partial charge in [-0.3, -0.25) is 9.59 Å². The van der Waals surface area contributed by atoms with Crippen molar-refractivity contribution in [3.63, 3.8) is 0 Å². The fourth-order valence-electron chi connectivity index (χ4n) is 3.04. The second-order valence-electron chi connectivity index (χ2n) is 6.63. The van der Waals surface area contributed by atoms with Gasteiger partial charge in [0.15, 0.2) is 0 Å². The molecule has 1 saturated heterocycles. The molecule has 6 heteroatoms. The number of carbonyl (C=O) groups is 2. The van der Waals surface area contributed by atoms with Gasteiger partial charge in [-0.15, -0.1) is 11.8 Å². The summed E-state index contributed by atoms with van der Waals surface area (Å²) in [6, 6.07) is 0.0309. The Hall–Kier alpha value is -1.01. The average molecular weight is 372 g/mol. The number of carbonyl (C=O) groups excluding carboxylic acids is 1. The van der Waals surface area contributed by atoms with Crippen molar-refractivity contribution in [2.24, 2.45) is 0 Å². The fourth-order valence-corrected chi connectivity index (χ4v) is 4.17. The summed E-state index contributed by atoms with van der Waals surface area (Å²) in [5.74, 6) is -0.0177. The van der Waals surface area contributed by atoms with Crippen LogP contribution in [0.5, 0.6) is 0 Å². The summed E-state index contributed by atoms with van der Waals surface area (Å²) >= 11 is 1.42. The molecule has 1 heterocycles. The Kier molecular flexibility index (Phi) is 10.9. The minimum Gasteiger partial charge on any atom is -0.480 e. The Balaban J connectivity index is 2.45. The monoisotopic (exact) mass is 371 g/mol. The van der Waals surface area contributed by atoms with Crippen molar-refractivity contribution in [3.05, 3.63) is 12.2 Å². The second-order valence-corrected chi connectivity index (χ2v) is 7.94. The lowest BCUT2D eigenvalue weighted by Gasteiger charge is -2.23. The van der Waals surface area contributed by atoms with Crippen LogP contribution >= 0.6 is 11.8 Å². The zero-order chi connectivity index (χ0) is 18.7. The largest absolute Gasteiger partial charge is 0.480 e. The normalized spacial score (nSPS) is 20.4. The summed E-state index contributed by atoms with van der Waals surface area (Å²) < 4.78 is 0. The van der Waals surface area contributed by atoms with Gasteiger partial charge in [0.05, 0.1) is 12.1 Å². The summed E-state index contributed by atoms with van der Waals surface area (Å²) in [5, 5.41) is 18.8. The van der Waals surface area contributed by atoms with Gasteiger partial charge in [0, 0.05) is 18.7 Å². The molecule has 0 spiro atoms. The number of rotatable bonds is 13. The zero-order valence-corrected chi connectivity index (χ0v) is 16.3. The lowest BCUT2D eigenvalue weighted by Crippen LogP contribution is -2.34. The molecule has 0 aromatic rings. The van der Waals surface area contributed by atoms with Gasteiger partial charge in [0.2, 0.25) is 5.91 Å². The third-order valence-corrected chi connectivity index (χ3v) is 5.77. The van der Waals surface area contributed by atoms with E-state index >= 15 is 0 Å². The van der Waals surface area contributed by atoms with Gasteiger partial charge in [-0.25, -0.2) is 0 Å². The number of hydrogen-bond donors (Lipinski definition) is 2. The number of aliphatic hydroxyl groups is 1. The molecule has 0 aromatic carbocycles. The molecule has 1 aliphatic rings. The number of amides is 1. The molecule has 0 bridgehead atoms. The molecule has 0 aliphatic carbocycles. The number of unbranched alkanes of at least 4 members (excludes halogenated alkanes) is 2. The molecule has 1 fully saturated rings. The number of aliphatic carboxylic acids is 1. The van der Waals surface area contributed by atoms with Crippen LogP contribution < -0.4 is 0 Å². The molecule has 1 aliphatic heterocycles. The van der Waals surface area contributed by atoms with Gasteiger partial charge in [0.1, 0.15) is 5.25 Å². The fraction of sp³-hybridized carbons (Fsp3) is 0.789. The zero-order valence-electron chi connectivity index (χ0n) is 15.5. The van der Waals surface area contributed by atoms with Gasteiger partial charge in [-0.05, 0) is 19.3 Å². The molecule has 3 atom stereocenters. The number of carboxylic acids is 1. The van der Waals surface area contributed by atoms with Gasteiger partial charge >= 0.3 is 5.97 Å². The first-order valence-electron chi connectivity index (χ1n) is 9.49. The van der Waals surface area contributed by atoms with Crippen LogP contribution in [0.2, 0.25) is 0 Å². The molecule has 1 unspecified atom stereocenters. The summed E-state index contributed by atoms with van der Waals surface area (Å²) in [6.07, 6.45) is 10.2. The number of aliphatic hydroxyl groups excluding tert-OH is 1. The molecule has 25 heavy (non-hydrogen) atoms. The number of thioether (sulfide) groups is 1. The topological polar surface area (TPSA) is 77.8 Å². The summed E-state index contributed by atoms with van der Waals surface area (Å²) in [5.41, 5.74) is 0. The van der Waals surface area contributed by atoms with Crippen LogP contribution in [0.1, 0.15) is 65.2 Å². The molecule has 0 radical (unpaired) electrons. The van der Waals surface area contributed by atoms with Crippen LogP contribution in [0.3, 0.4) is 0 Å². The number of likely N-dealkylation sites (tertiary alicyclic amines) is 1. The van der Waals surface area contributed by atoms with Gasteiger partial charge < -0.3 is 15.1 Å². The first-order valence-corrected chi connectivity index (χ1v) is 10.5. The van der Waals surface area contributed by atoms with Gasteiger partial charge in [-0.1, -0.05) is 51.7 Å². The summed E-state index contributed by atoms with van der Waals surface area (Å²) in [7, 11) is 0. The maximum Gasteiger partial charge on any atom is 0.316 e. The highest BCUT2D eigenvalue weighted by molar-refractivity contribution is 8.00. The van der Waals surface area contributed by atoms with Crippen molar-refractivity contribution in [2.45, 2.75) is 82.6 Å². The lowest BCUT2D eigenvalue weighted by atomic mass is 10.1. The molecule has 0 saturated carbocycles. The Morgan fingerprint density at radius 2 is 2.08 bits per heavy atom. The van der Waals surface area contributed by atoms with E-state index < -0.39 is 17.3 Å². The molecular weight excluding hydrogens is 338 g/mol. The van der Waals surface area contributed by atoms with E-state index in [0.29, 0.717) is 25.1 Å². The first kappa shape index (κ1) is 22.0. The SMILES string of the molecule is CCCCC[C@H](O)/C=C/[C@H]1CCC(=O)N1CCSC(CCC)C(=O)O. The van der Waals surface area contributed by atoms with Crippen LogP contribution in [0.4, 0.5) is 0 Å². The smallest absolute Gasteiger partial charge is 0.316 e. The van der Waals surface area contributed by atoms with Crippen LogP contribution in [-0.2, 0) is 9.59 Å². The highest BCUT2D eigenvalue weighted by Gasteiger charge is 2.29. The van der Waals surface area contributed by atoms with Crippen molar-refractivity contribution < 1.29 is 19.8 Å². The van der Waals surface area contributed by atoms with Crippen LogP contribution in [0, 0.1) is 0 Å². The molecule has 1 amide bonds. The average Bonchev–Trinajstić information content (AvgIpc) is 2.92. The predicted octanol–water partition coefficient (Wildman–Crippen LogP) is 3.46. The maximum absolute atomic E-state index is 12.1. The number of carboxylic acid groups (broad SMARTS) is 1. The first-order chi connectivity index (χ1) is 12.0. The summed E-state index contributed by atoms with van der Waals surface area (Å²) in [4.78, 5) is 25.1. The third-order valence-electron chi connectivity index (χ3n) is 4.51. The lowest BCUT2D eigenvalue weighted by molar-refractivity contribution is -0.136. The molecule has 144 valence electrons. The van der Waals surface area contributed by atoms with E-state index in [4.69, 9.17) is 0 Å². The van der Waals surface area contributed by atoms with Gasteiger partial charge in [-0.2, -0.15) is 0 Å². The van der Waals surface area contributed by atoms with E-state index in [2.05, 4.69) is 6.92 Å². The highest BCUT2D eigenvalue weighted by atomic mass is 32.2. The van der Waals surface area contributed by atoms with Crippen LogP contribution in [0.15, 0.2) is 12.2 Å².